The van der Waals surface area contributed by atoms with Crippen molar-refractivity contribution in [1.82, 2.24) is 24.1 Å². The van der Waals surface area contributed by atoms with Gasteiger partial charge in [-0.2, -0.15) is 5.10 Å². The summed E-state index contributed by atoms with van der Waals surface area (Å²) in [5, 5.41) is 4.53. The Bertz CT molecular complexity index is 861. The number of amides is 1. The third-order valence-electron chi connectivity index (χ3n) is 4.93. The molecule has 3 aromatic rings. The van der Waals surface area contributed by atoms with Gasteiger partial charge in [0.05, 0.1) is 11.9 Å². The highest BCUT2D eigenvalue weighted by Crippen LogP contribution is 2.21. The number of carbonyl (C=O) groups is 1. The number of nitrogens with zero attached hydrogens (tertiary/aromatic N) is 5. The van der Waals surface area contributed by atoms with E-state index in [-0.39, 0.29) is 5.91 Å². The molecular weight excluding hydrogens is 326 g/mol. The van der Waals surface area contributed by atoms with Gasteiger partial charge in [-0.25, -0.2) is 4.68 Å². The average Bonchev–Trinajstić information content (AvgIpc) is 3.37. The van der Waals surface area contributed by atoms with E-state index in [0.717, 1.165) is 44.2 Å². The molecule has 0 aliphatic carbocycles. The quantitative estimate of drug-likeness (QED) is 0.727. The summed E-state index contributed by atoms with van der Waals surface area (Å²) in [6.45, 7) is 6.55. The first-order chi connectivity index (χ1) is 12.8. The van der Waals surface area contributed by atoms with E-state index in [1.165, 1.54) is 0 Å². The molecule has 1 aliphatic heterocycles. The summed E-state index contributed by atoms with van der Waals surface area (Å²) in [5.41, 5.74) is 1.57. The van der Waals surface area contributed by atoms with Crippen molar-refractivity contribution in [3.05, 3.63) is 66.6 Å². The summed E-state index contributed by atoms with van der Waals surface area (Å²) in [7, 11) is 0. The second-order valence-electron chi connectivity index (χ2n) is 6.45. The third-order valence-corrected chi connectivity index (χ3v) is 4.93. The highest BCUT2D eigenvalue weighted by atomic mass is 16.2. The normalized spacial score (nSPS) is 15.3. The highest BCUT2D eigenvalue weighted by molar-refractivity contribution is 5.97. The van der Waals surface area contributed by atoms with E-state index in [0.29, 0.717) is 5.56 Å². The largest absolute Gasteiger partial charge is 0.336 e. The predicted octanol–water partition coefficient (Wildman–Crippen LogP) is 2.44. The van der Waals surface area contributed by atoms with Crippen LogP contribution in [-0.4, -0.2) is 62.8 Å². The zero-order valence-corrected chi connectivity index (χ0v) is 15.0. The van der Waals surface area contributed by atoms with Crippen molar-refractivity contribution < 1.29 is 4.79 Å². The van der Waals surface area contributed by atoms with Gasteiger partial charge < -0.3 is 14.4 Å². The van der Waals surface area contributed by atoms with Crippen molar-refractivity contribution in [2.75, 3.05) is 32.7 Å². The molecule has 3 heterocycles. The lowest BCUT2D eigenvalue weighted by Crippen LogP contribution is -2.48. The molecule has 134 valence electrons. The van der Waals surface area contributed by atoms with Crippen LogP contribution in [0.15, 0.2) is 61.1 Å². The minimum Gasteiger partial charge on any atom is -0.336 e. The van der Waals surface area contributed by atoms with Crippen molar-refractivity contribution in [2.24, 2.45) is 0 Å². The molecular formula is C20H23N5O. The minimum absolute atomic E-state index is 0.0478. The SMILES string of the molecule is CCN1CCN(C(=O)c2cnn(-c3ccccc3)c2-n2cccc2)CC1. The Morgan fingerprint density at radius 1 is 1.00 bits per heavy atom. The molecule has 2 aromatic heterocycles. The van der Waals surface area contributed by atoms with E-state index in [1.807, 2.05) is 69.0 Å². The first kappa shape index (κ1) is 16.6. The molecule has 0 radical (unpaired) electrons. The van der Waals surface area contributed by atoms with E-state index in [2.05, 4.69) is 16.9 Å². The van der Waals surface area contributed by atoms with Crippen LogP contribution in [0.25, 0.3) is 11.5 Å². The van der Waals surface area contributed by atoms with Gasteiger partial charge in [0.1, 0.15) is 5.56 Å². The molecule has 1 aliphatic rings. The van der Waals surface area contributed by atoms with Crippen molar-refractivity contribution >= 4 is 5.91 Å². The number of likely N-dealkylation sites (N-methyl/N-ethyl adjacent to an activating group) is 1. The average molecular weight is 349 g/mol. The fourth-order valence-electron chi connectivity index (χ4n) is 3.41. The smallest absolute Gasteiger partial charge is 0.259 e. The molecule has 0 atom stereocenters. The lowest BCUT2D eigenvalue weighted by Gasteiger charge is -2.34. The van der Waals surface area contributed by atoms with Crippen LogP contribution in [0.3, 0.4) is 0 Å². The van der Waals surface area contributed by atoms with Gasteiger partial charge in [0.2, 0.25) is 0 Å². The molecule has 1 fully saturated rings. The van der Waals surface area contributed by atoms with Crippen molar-refractivity contribution in [3.8, 4) is 11.5 Å². The number of rotatable bonds is 4. The zero-order valence-electron chi connectivity index (χ0n) is 15.0. The molecule has 6 nitrogen and oxygen atoms in total. The summed E-state index contributed by atoms with van der Waals surface area (Å²) < 4.78 is 3.78. The van der Waals surface area contributed by atoms with Crippen LogP contribution >= 0.6 is 0 Å². The summed E-state index contributed by atoms with van der Waals surface area (Å²) in [4.78, 5) is 17.5. The molecule has 26 heavy (non-hydrogen) atoms. The summed E-state index contributed by atoms with van der Waals surface area (Å²) in [6.07, 6.45) is 5.58. The van der Waals surface area contributed by atoms with Gasteiger partial charge in [-0.05, 0) is 30.8 Å². The molecule has 0 N–H and O–H groups in total. The maximum Gasteiger partial charge on any atom is 0.259 e. The molecule has 0 spiro atoms. The number of hydrogen-bond acceptors (Lipinski definition) is 3. The highest BCUT2D eigenvalue weighted by Gasteiger charge is 2.26. The predicted molar refractivity (Wildman–Crippen MR) is 101 cm³/mol. The van der Waals surface area contributed by atoms with Crippen LogP contribution in [0.1, 0.15) is 17.3 Å². The Hall–Kier alpha value is -2.86. The molecule has 0 unspecified atom stereocenters. The number of benzene rings is 1. The van der Waals surface area contributed by atoms with Crippen LogP contribution in [0.5, 0.6) is 0 Å². The van der Waals surface area contributed by atoms with E-state index in [1.54, 1.807) is 6.20 Å². The Morgan fingerprint density at radius 3 is 2.35 bits per heavy atom. The molecule has 4 rings (SSSR count). The molecule has 1 aromatic carbocycles. The first-order valence-corrected chi connectivity index (χ1v) is 9.06. The number of carbonyl (C=O) groups excluding carboxylic acids is 1. The van der Waals surface area contributed by atoms with E-state index in [9.17, 15) is 4.79 Å². The lowest BCUT2D eigenvalue weighted by molar-refractivity contribution is 0.0643. The van der Waals surface area contributed by atoms with Gasteiger partial charge >= 0.3 is 0 Å². The van der Waals surface area contributed by atoms with Gasteiger partial charge in [0.15, 0.2) is 5.82 Å². The molecule has 1 saturated heterocycles. The van der Waals surface area contributed by atoms with Gasteiger partial charge in [0, 0.05) is 38.6 Å². The monoisotopic (exact) mass is 349 g/mol. The number of hydrogen-bond donors (Lipinski definition) is 0. The Morgan fingerprint density at radius 2 is 1.69 bits per heavy atom. The second-order valence-corrected chi connectivity index (χ2v) is 6.45. The van der Waals surface area contributed by atoms with Crippen LogP contribution in [0, 0.1) is 0 Å². The number of piperazine rings is 1. The number of aromatic nitrogens is 3. The van der Waals surface area contributed by atoms with Crippen molar-refractivity contribution in [2.45, 2.75) is 6.92 Å². The fourth-order valence-corrected chi connectivity index (χ4v) is 3.41. The summed E-state index contributed by atoms with van der Waals surface area (Å²) in [6, 6.07) is 13.8. The zero-order chi connectivity index (χ0) is 17.9. The van der Waals surface area contributed by atoms with E-state index < -0.39 is 0 Å². The van der Waals surface area contributed by atoms with Gasteiger partial charge in [-0.3, -0.25) is 4.79 Å². The van der Waals surface area contributed by atoms with Crippen LogP contribution in [-0.2, 0) is 0 Å². The second kappa shape index (κ2) is 7.17. The Kier molecular flexibility index (Phi) is 4.58. The fraction of sp³-hybridized carbons (Fsp3) is 0.300. The maximum absolute atomic E-state index is 13.2. The molecule has 0 saturated carbocycles. The van der Waals surface area contributed by atoms with Gasteiger partial charge in [0.25, 0.3) is 5.91 Å². The lowest BCUT2D eigenvalue weighted by atomic mass is 10.2. The molecule has 1 amide bonds. The standard InChI is InChI=1S/C20H23N5O/c1-2-22-12-14-24(15-13-22)20(26)18-16-21-25(17-8-4-3-5-9-17)19(18)23-10-6-7-11-23/h3-11,16H,2,12-15H2,1H3. The summed E-state index contributed by atoms with van der Waals surface area (Å²) in [5.74, 6) is 0.829. The number of para-hydroxylation sites is 1. The van der Waals surface area contributed by atoms with Crippen LogP contribution < -0.4 is 0 Å². The summed E-state index contributed by atoms with van der Waals surface area (Å²) >= 11 is 0. The van der Waals surface area contributed by atoms with Crippen molar-refractivity contribution in [3.63, 3.8) is 0 Å². The van der Waals surface area contributed by atoms with Crippen LogP contribution in [0.4, 0.5) is 0 Å². The topological polar surface area (TPSA) is 46.3 Å². The molecule has 6 heteroatoms. The van der Waals surface area contributed by atoms with Gasteiger partial charge in [-0.1, -0.05) is 25.1 Å². The van der Waals surface area contributed by atoms with Gasteiger partial charge in [-0.15, -0.1) is 0 Å². The Labute approximate surface area is 153 Å². The molecule has 0 bridgehead atoms. The van der Waals surface area contributed by atoms with Crippen LogP contribution in [0.2, 0.25) is 0 Å². The third kappa shape index (κ3) is 3.04. The maximum atomic E-state index is 13.2. The van der Waals surface area contributed by atoms with E-state index >= 15 is 0 Å². The Balaban J connectivity index is 1.71. The first-order valence-electron chi connectivity index (χ1n) is 9.06. The van der Waals surface area contributed by atoms with Crippen molar-refractivity contribution in [1.29, 1.82) is 0 Å². The van der Waals surface area contributed by atoms with E-state index in [4.69, 9.17) is 0 Å². The minimum atomic E-state index is 0.0478.